The molecule has 0 aliphatic heterocycles. The number of anilines is 5. The summed E-state index contributed by atoms with van der Waals surface area (Å²) in [6.45, 7) is 11.0. The molecule has 0 atom stereocenters. The Bertz CT molecular complexity index is 940. The number of hydrogen-bond donors (Lipinski definition) is 2. The Morgan fingerprint density at radius 3 is 2.45 bits per heavy atom. The molecule has 3 aromatic rings. The van der Waals surface area contributed by atoms with Crippen molar-refractivity contribution in [1.29, 1.82) is 0 Å². The van der Waals surface area contributed by atoms with E-state index < -0.39 is 0 Å². The van der Waals surface area contributed by atoms with Gasteiger partial charge in [-0.25, -0.2) is 4.98 Å². The number of nitrogens with zero attached hydrogens (tertiary/aromatic N) is 3. The van der Waals surface area contributed by atoms with E-state index in [2.05, 4.69) is 64.5 Å². The average Bonchev–Trinajstić information content (AvgIpc) is 2.73. The van der Waals surface area contributed by atoms with Crippen LogP contribution in [0.5, 0.6) is 5.75 Å². The molecule has 1 heterocycles. The van der Waals surface area contributed by atoms with Gasteiger partial charge in [0.2, 0.25) is 5.95 Å². The molecule has 152 valence electrons. The first-order valence-electron chi connectivity index (χ1n) is 10.1. The average molecular weight is 392 g/mol. The summed E-state index contributed by atoms with van der Waals surface area (Å²) in [5.74, 6) is 2.04. The molecule has 0 aliphatic carbocycles. The molecule has 29 heavy (non-hydrogen) atoms. The molecule has 3 rings (SSSR count). The summed E-state index contributed by atoms with van der Waals surface area (Å²) in [6, 6.07) is 16.1. The summed E-state index contributed by atoms with van der Waals surface area (Å²) >= 11 is 0. The van der Waals surface area contributed by atoms with Gasteiger partial charge in [-0.15, -0.1) is 0 Å². The van der Waals surface area contributed by atoms with Crippen molar-refractivity contribution in [2.24, 2.45) is 0 Å². The van der Waals surface area contributed by atoms with Gasteiger partial charge in [0.25, 0.3) is 0 Å². The van der Waals surface area contributed by atoms with E-state index in [1.807, 2.05) is 37.3 Å². The topological polar surface area (TPSA) is 62.3 Å². The van der Waals surface area contributed by atoms with Crippen LogP contribution >= 0.6 is 0 Å². The van der Waals surface area contributed by atoms with Gasteiger partial charge in [-0.3, -0.25) is 0 Å². The number of hydrogen-bond acceptors (Lipinski definition) is 6. The summed E-state index contributed by atoms with van der Waals surface area (Å²) in [4.78, 5) is 11.3. The lowest BCUT2D eigenvalue weighted by Gasteiger charge is -2.22. The second-order valence-corrected chi connectivity index (χ2v) is 6.62. The minimum absolute atomic E-state index is 0.544. The molecule has 1 aromatic heterocycles. The fourth-order valence-electron chi connectivity index (χ4n) is 3.17. The van der Waals surface area contributed by atoms with Gasteiger partial charge in [-0.05, 0) is 69.7 Å². The highest BCUT2D eigenvalue weighted by Gasteiger charge is 2.08. The molecule has 2 N–H and O–H groups in total. The highest BCUT2D eigenvalue weighted by molar-refractivity contribution is 5.67. The van der Waals surface area contributed by atoms with E-state index in [4.69, 9.17) is 4.74 Å². The summed E-state index contributed by atoms with van der Waals surface area (Å²) in [5.41, 5.74) is 4.24. The Kier molecular flexibility index (Phi) is 6.89. The molecule has 0 amide bonds. The van der Waals surface area contributed by atoms with Crippen molar-refractivity contribution in [3.05, 3.63) is 60.3 Å². The van der Waals surface area contributed by atoms with Crippen LogP contribution in [0.4, 0.5) is 28.8 Å². The molecule has 0 saturated carbocycles. The third-order valence-corrected chi connectivity index (χ3v) is 4.69. The molecule has 0 radical (unpaired) electrons. The first-order valence-corrected chi connectivity index (χ1v) is 10.1. The van der Waals surface area contributed by atoms with Crippen molar-refractivity contribution < 1.29 is 4.74 Å². The zero-order chi connectivity index (χ0) is 20.6. The maximum Gasteiger partial charge on any atom is 0.229 e. The SMILES string of the molecule is CCOc1ccccc1Nc1ccnc(Nc2ccc(N(CC)CC)cc2C)n1. The Balaban J connectivity index is 1.77. The van der Waals surface area contributed by atoms with Crippen LogP contribution in [0.1, 0.15) is 26.3 Å². The number of aryl methyl sites for hydroxylation is 1. The molecule has 2 aromatic carbocycles. The van der Waals surface area contributed by atoms with Gasteiger partial charge in [0.1, 0.15) is 11.6 Å². The van der Waals surface area contributed by atoms with E-state index in [1.165, 1.54) is 5.69 Å². The molecule has 6 nitrogen and oxygen atoms in total. The van der Waals surface area contributed by atoms with Crippen LogP contribution in [-0.4, -0.2) is 29.7 Å². The van der Waals surface area contributed by atoms with Crippen molar-refractivity contribution >= 4 is 28.8 Å². The third-order valence-electron chi connectivity index (χ3n) is 4.69. The second kappa shape index (κ2) is 9.78. The predicted octanol–water partition coefficient (Wildman–Crippen LogP) is 5.52. The fourth-order valence-corrected chi connectivity index (χ4v) is 3.17. The van der Waals surface area contributed by atoms with E-state index in [9.17, 15) is 0 Å². The first-order chi connectivity index (χ1) is 14.1. The molecule has 0 saturated heterocycles. The van der Waals surface area contributed by atoms with Crippen molar-refractivity contribution in [3.8, 4) is 5.75 Å². The summed E-state index contributed by atoms with van der Waals surface area (Å²) in [7, 11) is 0. The van der Waals surface area contributed by atoms with E-state index in [-0.39, 0.29) is 0 Å². The zero-order valence-corrected chi connectivity index (χ0v) is 17.6. The number of benzene rings is 2. The normalized spacial score (nSPS) is 10.5. The van der Waals surface area contributed by atoms with Crippen LogP contribution in [0.3, 0.4) is 0 Å². The van der Waals surface area contributed by atoms with Crippen LogP contribution in [0.2, 0.25) is 0 Å². The first kappa shape index (κ1) is 20.5. The summed E-state index contributed by atoms with van der Waals surface area (Å²) in [5, 5.41) is 6.64. The van der Waals surface area contributed by atoms with E-state index in [0.29, 0.717) is 18.4 Å². The van der Waals surface area contributed by atoms with Crippen LogP contribution in [0.25, 0.3) is 0 Å². The summed E-state index contributed by atoms with van der Waals surface area (Å²) in [6.07, 6.45) is 1.74. The largest absolute Gasteiger partial charge is 0.492 e. The van der Waals surface area contributed by atoms with E-state index in [0.717, 1.165) is 35.8 Å². The van der Waals surface area contributed by atoms with Crippen LogP contribution in [-0.2, 0) is 0 Å². The maximum atomic E-state index is 5.67. The lowest BCUT2D eigenvalue weighted by molar-refractivity contribution is 0.342. The molecular formula is C23H29N5O. The van der Waals surface area contributed by atoms with Gasteiger partial charge in [-0.1, -0.05) is 12.1 Å². The second-order valence-electron chi connectivity index (χ2n) is 6.62. The van der Waals surface area contributed by atoms with E-state index >= 15 is 0 Å². The molecule has 0 fully saturated rings. The van der Waals surface area contributed by atoms with Gasteiger partial charge >= 0.3 is 0 Å². The van der Waals surface area contributed by atoms with Gasteiger partial charge < -0.3 is 20.3 Å². The monoisotopic (exact) mass is 391 g/mol. The molecular weight excluding hydrogens is 362 g/mol. The highest BCUT2D eigenvalue weighted by Crippen LogP contribution is 2.28. The van der Waals surface area contributed by atoms with Crippen molar-refractivity contribution in [2.75, 3.05) is 35.2 Å². The Morgan fingerprint density at radius 2 is 1.72 bits per heavy atom. The summed E-state index contributed by atoms with van der Waals surface area (Å²) < 4.78 is 5.67. The lowest BCUT2D eigenvalue weighted by Crippen LogP contribution is -2.21. The van der Waals surface area contributed by atoms with Crippen molar-refractivity contribution in [1.82, 2.24) is 9.97 Å². The number of aromatic nitrogens is 2. The van der Waals surface area contributed by atoms with Gasteiger partial charge in [0.05, 0.1) is 12.3 Å². The van der Waals surface area contributed by atoms with Crippen LogP contribution in [0.15, 0.2) is 54.7 Å². The van der Waals surface area contributed by atoms with Crippen LogP contribution in [0, 0.1) is 6.92 Å². The van der Waals surface area contributed by atoms with Crippen LogP contribution < -0.4 is 20.3 Å². The molecule has 0 unspecified atom stereocenters. The van der Waals surface area contributed by atoms with Crippen molar-refractivity contribution in [2.45, 2.75) is 27.7 Å². The number of rotatable bonds is 9. The fraction of sp³-hybridized carbons (Fsp3) is 0.304. The maximum absolute atomic E-state index is 5.67. The smallest absolute Gasteiger partial charge is 0.229 e. The van der Waals surface area contributed by atoms with E-state index in [1.54, 1.807) is 6.20 Å². The number of para-hydroxylation sites is 2. The standard InChI is InChI=1S/C23H29N5O/c1-5-28(6-2)18-12-13-19(17(4)16-18)26-23-24-15-14-22(27-23)25-20-10-8-9-11-21(20)29-7-3/h8-16H,5-7H2,1-4H3,(H2,24,25,26,27). The highest BCUT2D eigenvalue weighted by atomic mass is 16.5. The van der Waals surface area contributed by atoms with Gasteiger partial charge in [0.15, 0.2) is 0 Å². The minimum Gasteiger partial charge on any atom is -0.492 e. The Labute approximate surface area is 173 Å². The van der Waals surface area contributed by atoms with Gasteiger partial charge in [0, 0.05) is 30.7 Å². The molecule has 0 aliphatic rings. The molecule has 6 heteroatoms. The quantitative estimate of drug-likeness (QED) is 0.501. The number of nitrogens with one attached hydrogen (secondary N) is 2. The van der Waals surface area contributed by atoms with Crippen molar-refractivity contribution in [3.63, 3.8) is 0 Å². The predicted molar refractivity (Wildman–Crippen MR) is 121 cm³/mol. The molecule has 0 spiro atoms. The molecule has 0 bridgehead atoms. The number of ether oxygens (including phenoxy) is 1. The Hall–Kier alpha value is -3.28. The Morgan fingerprint density at radius 1 is 0.931 bits per heavy atom. The lowest BCUT2D eigenvalue weighted by atomic mass is 10.1. The van der Waals surface area contributed by atoms with Gasteiger partial charge in [-0.2, -0.15) is 4.98 Å². The third kappa shape index (κ3) is 5.16. The zero-order valence-electron chi connectivity index (χ0n) is 17.6. The minimum atomic E-state index is 0.544.